The van der Waals surface area contributed by atoms with Gasteiger partial charge in [0.25, 0.3) is 0 Å². The number of hydrogen-bond donors (Lipinski definition) is 2. The van der Waals surface area contributed by atoms with Crippen LogP contribution in [0.15, 0.2) is 18.3 Å². The van der Waals surface area contributed by atoms with Gasteiger partial charge in [-0.25, -0.2) is 18.1 Å². The van der Waals surface area contributed by atoms with Gasteiger partial charge in [-0.15, -0.1) is 0 Å². The van der Waals surface area contributed by atoms with E-state index in [4.69, 9.17) is 0 Å². The van der Waals surface area contributed by atoms with Crippen molar-refractivity contribution in [1.29, 1.82) is 0 Å². The second-order valence-corrected chi connectivity index (χ2v) is 7.61. The smallest absolute Gasteiger partial charge is 0.209 e. The first-order chi connectivity index (χ1) is 9.85. The number of nitrogens with one attached hydrogen (secondary N) is 2. The average Bonchev–Trinajstić information content (AvgIpc) is 2.40. The van der Waals surface area contributed by atoms with Crippen LogP contribution in [0, 0.1) is 0 Å². The van der Waals surface area contributed by atoms with Crippen LogP contribution in [0.1, 0.15) is 25.7 Å². The molecular weight excluding hydrogens is 288 g/mol. The van der Waals surface area contributed by atoms with E-state index in [0.717, 1.165) is 37.2 Å². The van der Waals surface area contributed by atoms with Crippen molar-refractivity contribution in [2.75, 3.05) is 30.6 Å². The molecule has 1 saturated carbocycles. The van der Waals surface area contributed by atoms with Crippen molar-refractivity contribution in [3.05, 3.63) is 18.3 Å². The Morgan fingerprint density at radius 2 is 1.90 bits per heavy atom. The molecule has 2 atom stereocenters. The highest BCUT2D eigenvalue weighted by Crippen LogP contribution is 2.23. The lowest BCUT2D eigenvalue weighted by Crippen LogP contribution is -2.48. The Morgan fingerprint density at radius 1 is 1.24 bits per heavy atom. The molecular formula is C14H24N4O2S. The van der Waals surface area contributed by atoms with Gasteiger partial charge in [0.15, 0.2) is 0 Å². The highest BCUT2D eigenvalue weighted by Gasteiger charge is 2.27. The summed E-state index contributed by atoms with van der Waals surface area (Å²) in [6, 6.07) is 3.93. The summed E-state index contributed by atoms with van der Waals surface area (Å²) in [5.74, 6) is 0.786. The third kappa shape index (κ3) is 4.86. The van der Waals surface area contributed by atoms with E-state index in [1.165, 1.54) is 6.26 Å². The molecule has 2 rings (SSSR count). The minimum atomic E-state index is -3.19. The molecule has 1 heterocycles. The fraction of sp³-hybridized carbons (Fsp3) is 0.643. The van der Waals surface area contributed by atoms with Crippen LogP contribution in [-0.2, 0) is 10.0 Å². The number of pyridine rings is 1. The largest absolute Gasteiger partial charge is 0.378 e. The van der Waals surface area contributed by atoms with Gasteiger partial charge in [0.05, 0.1) is 6.26 Å². The van der Waals surface area contributed by atoms with Gasteiger partial charge in [0, 0.05) is 44.1 Å². The monoisotopic (exact) mass is 312 g/mol. The molecule has 1 aromatic heterocycles. The van der Waals surface area contributed by atoms with E-state index in [9.17, 15) is 8.42 Å². The van der Waals surface area contributed by atoms with Gasteiger partial charge < -0.3 is 10.2 Å². The van der Waals surface area contributed by atoms with Crippen molar-refractivity contribution in [2.24, 2.45) is 0 Å². The fourth-order valence-corrected chi connectivity index (χ4v) is 3.52. The Labute approximate surface area is 127 Å². The van der Waals surface area contributed by atoms with E-state index < -0.39 is 10.0 Å². The van der Waals surface area contributed by atoms with Gasteiger partial charge >= 0.3 is 0 Å². The van der Waals surface area contributed by atoms with Gasteiger partial charge in [-0.2, -0.15) is 0 Å². The zero-order valence-electron chi connectivity index (χ0n) is 12.8. The molecule has 0 aromatic carbocycles. The molecule has 1 aromatic rings. The van der Waals surface area contributed by atoms with Crippen molar-refractivity contribution < 1.29 is 8.42 Å². The van der Waals surface area contributed by atoms with Gasteiger partial charge in [-0.3, -0.25) is 0 Å². The van der Waals surface area contributed by atoms with Crippen molar-refractivity contribution >= 4 is 21.5 Å². The van der Waals surface area contributed by atoms with Gasteiger partial charge in [0.1, 0.15) is 5.82 Å². The third-order valence-electron chi connectivity index (χ3n) is 3.72. The molecule has 2 unspecified atom stereocenters. The van der Waals surface area contributed by atoms with Crippen molar-refractivity contribution in [3.63, 3.8) is 0 Å². The molecule has 0 spiro atoms. The number of aromatic nitrogens is 1. The van der Waals surface area contributed by atoms with Crippen molar-refractivity contribution in [3.8, 4) is 0 Å². The topological polar surface area (TPSA) is 74.3 Å². The van der Waals surface area contributed by atoms with Crippen molar-refractivity contribution in [1.82, 2.24) is 9.71 Å². The third-order valence-corrected chi connectivity index (χ3v) is 4.46. The predicted molar refractivity (Wildman–Crippen MR) is 86.2 cm³/mol. The summed E-state index contributed by atoms with van der Waals surface area (Å²) in [5.41, 5.74) is 1.07. The Morgan fingerprint density at radius 3 is 2.52 bits per heavy atom. The molecule has 0 radical (unpaired) electrons. The van der Waals surface area contributed by atoms with Crippen molar-refractivity contribution in [2.45, 2.75) is 37.8 Å². The first-order valence-electron chi connectivity index (χ1n) is 7.22. The highest BCUT2D eigenvalue weighted by molar-refractivity contribution is 7.88. The lowest BCUT2D eigenvalue weighted by atomic mass is 9.91. The fourth-order valence-electron chi connectivity index (χ4n) is 2.69. The maximum Gasteiger partial charge on any atom is 0.209 e. The van der Waals surface area contributed by atoms with Crippen LogP contribution in [0.3, 0.4) is 0 Å². The Balaban J connectivity index is 2.10. The van der Waals surface area contributed by atoms with Crippen LogP contribution in [0.4, 0.5) is 11.5 Å². The van der Waals surface area contributed by atoms with E-state index in [1.54, 1.807) is 6.20 Å². The number of nitrogens with zero attached hydrogens (tertiary/aromatic N) is 2. The quantitative estimate of drug-likeness (QED) is 0.860. The molecule has 0 amide bonds. The minimum Gasteiger partial charge on any atom is -0.378 e. The number of rotatable bonds is 5. The van der Waals surface area contributed by atoms with Crippen LogP contribution in [-0.4, -0.2) is 45.8 Å². The number of hydrogen-bond acceptors (Lipinski definition) is 5. The second kappa shape index (κ2) is 6.62. The maximum absolute atomic E-state index is 11.5. The normalized spacial score (nSPS) is 22.8. The molecule has 118 valence electrons. The van der Waals surface area contributed by atoms with E-state index in [0.29, 0.717) is 0 Å². The number of anilines is 2. The molecule has 0 aliphatic heterocycles. The standard InChI is InChI=1S/C14H24N4O2S/c1-18(2)11-8-9-15-14(10-11)16-12-6-4-5-7-13(12)17-21(3,19)20/h8-10,12-13,17H,4-7H2,1-3H3,(H,15,16). The van der Waals surface area contributed by atoms with Crippen LogP contribution < -0.4 is 14.9 Å². The van der Waals surface area contributed by atoms with Crippen LogP contribution >= 0.6 is 0 Å². The molecule has 1 aliphatic carbocycles. The van der Waals surface area contributed by atoms with Crippen LogP contribution in [0.5, 0.6) is 0 Å². The SMILES string of the molecule is CN(C)c1ccnc(NC2CCCCC2NS(C)(=O)=O)c1. The van der Waals surface area contributed by atoms with Crippen LogP contribution in [0.2, 0.25) is 0 Å². The average molecular weight is 312 g/mol. The highest BCUT2D eigenvalue weighted by atomic mass is 32.2. The Hall–Kier alpha value is -1.34. The molecule has 7 heteroatoms. The van der Waals surface area contributed by atoms with Gasteiger partial charge in [-0.05, 0) is 18.9 Å². The first kappa shape index (κ1) is 16.0. The summed E-state index contributed by atoms with van der Waals surface area (Å²) >= 11 is 0. The molecule has 1 fully saturated rings. The second-order valence-electron chi connectivity index (χ2n) is 5.83. The van der Waals surface area contributed by atoms with E-state index >= 15 is 0 Å². The molecule has 2 N–H and O–H groups in total. The lowest BCUT2D eigenvalue weighted by Gasteiger charge is -2.32. The van der Waals surface area contributed by atoms with E-state index in [2.05, 4.69) is 15.0 Å². The molecule has 6 nitrogen and oxygen atoms in total. The summed E-state index contributed by atoms with van der Waals surface area (Å²) in [6.07, 6.45) is 6.94. The lowest BCUT2D eigenvalue weighted by molar-refractivity contribution is 0.379. The summed E-state index contributed by atoms with van der Waals surface area (Å²) in [7, 11) is 0.771. The van der Waals surface area contributed by atoms with E-state index in [-0.39, 0.29) is 12.1 Å². The maximum atomic E-state index is 11.5. The molecule has 0 saturated heterocycles. The van der Waals surface area contributed by atoms with E-state index in [1.807, 2.05) is 31.1 Å². The number of sulfonamides is 1. The first-order valence-corrected chi connectivity index (χ1v) is 9.11. The molecule has 21 heavy (non-hydrogen) atoms. The van der Waals surface area contributed by atoms with Crippen LogP contribution in [0.25, 0.3) is 0 Å². The predicted octanol–water partition coefficient (Wildman–Crippen LogP) is 1.42. The molecule has 1 aliphatic rings. The zero-order chi connectivity index (χ0) is 15.5. The summed E-state index contributed by atoms with van der Waals surface area (Å²) in [5, 5.41) is 3.38. The zero-order valence-corrected chi connectivity index (χ0v) is 13.7. The summed E-state index contributed by atoms with van der Waals surface area (Å²) < 4.78 is 25.7. The van der Waals surface area contributed by atoms with Gasteiger partial charge in [0.2, 0.25) is 10.0 Å². The van der Waals surface area contributed by atoms with Gasteiger partial charge in [-0.1, -0.05) is 12.8 Å². The Bertz CT molecular complexity index is 574. The Kier molecular flexibility index (Phi) is 5.05. The molecule has 0 bridgehead atoms. The minimum absolute atomic E-state index is 0.0708. The summed E-state index contributed by atoms with van der Waals surface area (Å²) in [4.78, 5) is 6.35. The summed E-state index contributed by atoms with van der Waals surface area (Å²) in [6.45, 7) is 0.